The Hall–Kier alpha value is -1.15. The fraction of sp³-hybridized carbons (Fsp3) is 0.857. The Morgan fingerprint density at radius 3 is 2.59 bits per heavy atom. The SMILES string of the molecule is CCC(C)C(=O)OC1C2CC3C1OS(=O)(=O)C3C2C(=O)OC. The molecule has 22 heavy (non-hydrogen) atoms. The van der Waals surface area contributed by atoms with Crippen molar-refractivity contribution in [1.29, 1.82) is 0 Å². The second-order valence-corrected chi connectivity index (χ2v) is 8.06. The zero-order valence-corrected chi connectivity index (χ0v) is 13.5. The molecule has 1 aliphatic heterocycles. The van der Waals surface area contributed by atoms with Crippen molar-refractivity contribution in [2.75, 3.05) is 7.11 Å². The molecule has 1 saturated heterocycles. The highest BCUT2D eigenvalue weighted by atomic mass is 32.2. The maximum Gasteiger partial charge on any atom is 0.310 e. The van der Waals surface area contributed by atoms with E-state index in [0.717, 1.165) is 0 Å². The number of hydrogen-bond donors (Lipinski definition) is 0. The second-order valence-electron chi connectivity index (χ2n) is 6.34. The van der Waals surface area contributed by atoms with Crippen LogP contribution >= 0.6 is 0 Å². The van der Waals surface area contributed by atoms with Gasteiger partial charge in [0.2, 0.25) is 0 Å². The number of ether oxygens (including phenoxy) is 2. The molecule has 0 amide bonds. The van der Waals surface area contributed by atoms with E-state index in [9.17, 15) is 18.0 Å². The molecular weight excluding hydrogens is 312 g/mol. The summed E-state index contributed by atoms with van der Waals surface area (Å²) in [5.41, 5.74) is 0. The van der Waals surface area contributed by atoms with Crippen molar-refractivity contribution in [1.82, 2.24) is 0 Å². The molecule has 0 aromatic carbocycles. The molecule has 0 spiro atoms. The summed E-state index contributed by atoms with van der Waals surface area (Å²) in [5, 5.41) is -0.867. The molecule has 7 unspecified atom stereocenters. The first kappa shape index (κ1) is 15.7. The molecule has 2 bridgehead atoms. The zero-order valence-electron chi connectivity index (χ0n) is 12.7. The van der Waals surface area contributed by atoms with E-state index in [1.54, 1.807) is 6.92 Å². The van der Waals surface area contributed by atoms with E-state index in [-0.39, 0.29) is 23.7 Å². The second kappa shape index (κ2) is 5.19. The molecule has 2 aliphatic carbocycles. The number of hydrogen-bond acceptors (Lipinski definition) is 7. The minimum absolute atomic E-state index is 0.274. The van der Waals surface area contributed by atoms with Crippen LogP contribution in [0, 0.1) is 23.7 Å². The van der Waals surface area contributed by atoms with Gasteiger partial charge >= 0.3 is 11.9 Å². The predicted octanol–water partition coefficient (Wildman–Crippen LogP) is 0.480. The molecule has 3 fully saturated rings. The van der Waals surface area contributed by atoms with Gasteiger partial charge < -0.3 is 9.47 Å². The molecule has 7 atom stereocenters. The lowest BCUT2D eigenvalue weighted by molar-refractivity contribution is -0.166. The first-order valence-electron chi connectivity index (χ1n) is 7.52. The molecule has 8 heteroatoms. The quantitative estimate of drug-likeness (QED) is 0.546. The minimum Gasteiger partial charge on any atom is -0.469 e. The first-order valence-corrected chi connectivity index (χ1v) is 8.99. The van der Waals surface area contributed by atoms with Gasteiger partial charge in [-0.15, -0.1) is 0 Å². The zero-order chi connectivity index (χ0) is 16.2. The van der Waals surface area contributed by atoms with E-state index in [4.69, 9.17) is 13.7 Å². The topological polar surface area (TPSA) is 96.0 Å². The third-order valence-corrected chi connectivity index (χ3v) is 7.07. The molecular formula is C14H20O7S. The summed E-state index contributed by atoms with van der Waals surface area (Å²) in [7, 11) is -2.59. The van der Waals surface area contributed by atoms with Crippen molar-refractivity contribution in [3.63, 3.8) is 0 Å². The fourth-order valence-corrected chi connectivity index (χ4v) is 6.06. The van der Waals surface area contributed by atoms with Gasteiger partial charge in [0.1, 0.15) is 17.5 Å². The molecule has 124 valence electrons. The normalized spacial score (nSPS) is 42.1. The van der Waals surface area contributed by atoms with Gasteiger partial charge in [-0.2, -0.15) is 8.42 Å². The van der Waals surface area contributed by atoms with E-state index in [1.807, 2.05) is 6.92 Å². The van der Waals surface area contributed by atoms with Crippen LogP contribution in [0.2, 0.25) is 0 Å². The molecule has 3 aliphatic rings. The van der Waals surface area contributed by atoms with Crippen LogP contribution in [0.5, 0.6) is 0 Å². The Balaban J connectivity index is 1.89. The van der Waals surface area contributed by atoms with Gasteiger partial charge in [-0.05, 0) is 12.8 Å². The third-order valence-electron chi connectivity index (χ3n) is 5.27. The molecule has 0 N–H and O–H groups in total. The van der Waals surface area contributed by atoms with Gasteiger partial charge in [-0.3, -0.25) is 13.8 Å². The molecule has 0 aromatic heterocycles. The van der Waals surface area contributed by atoms with E-state index >= 15 is 0 Å². The summed E-state index contributed by atoms with van der Waals surface area (Å²) in [6, 6.07) is 0. The highest BCUT2D eigenvalue weighted by Crippen LogP contribution is 2.58. The maximum atomic E-state index is 12.2. The average Bonchev–Trinajstić information content (AvgIpc) is 3.07. The van der Waals surface area contributed by atoms with Gasteiger partial charge in [0.05, 0.1) is 18.9 Å². The highest BCUT2D eigenvalue weighted by Gasteiger charge is 2.72. The smallest absolute Gasteiger partial charge is 0.310 e. The van der Waals surface area contributed by atoms with E-state index < -0.39 is 39.5 Å². The van der Waals surface area contributed by atoms with Gasteiger partial charge in [-0.25, -0.2) is 0 Å². The van der Waals surface area contributed by atoms with Crippen molar-refractivity contribution in [2.24, 2.45) is 23.7 Å². The highest BCUT2D eigenvalue weighted by molar-refractivity contribution is 7.87. The monoisotopic (exact) mass is 332 g/mol. The summed E-state index contributed by atoms with van der Waals surface area (Å²) in [4.78, 5) is 24.1. The van der Waals surface area contributed by atoms with Crippen LogP contribution in [0.4, 0.5) is 0 Å². The van der Waals surface area contributed by atoms with Crippen molar-refractivity contribution in [3.05, 3.63) is 0 Å². The molecule has 1 heterocycles. The Morgan fingerprint density at radius 1 is 1.32 bits per heavy atom. The van der Waals surface area contributed by atoms with Gasteiger partial charge in [0.15, 0.2) is 0 Å². The van der Waals surface area contributed by atoms with Crippen molar-refractivity contribution in [2.45, 2.75) is 44.1 Å². The summed E-state index contributed by atoms with van der Waals surface area (Å²) >= 11 is 0. The van der Waals surface area contributed by atoms with Crippen LogP contribution in [-0.4, -0.2) is 44.9 Å². The summed E-state index contributed by atoms with van der Waals surface area (Å²) in [5.74, 6) is -2.69. The minimum atomic E-state index is -3.82. The fourth-order valence-electron chi connectivity index (χ4n) is 4.01. The van der Waals surface area contributed by atoms with Crippen LogP contribution in [0.25, 0.3) is 0 Å². The predicted molar refractivity (Wildman–Crippen MR) is 74.0 cm³/mol. The van der Waals surface area contributed by atoms with Crippen LogP contribution in [-0.2, 0) is 33.4 Å². The molecule has 2 saturated carbocycles. The Morgan fingerprint density at radius 2 is 2.00 bits per heavy atom. The van der Waals surface area contributed by atoms with E-state index in [2.05, 4.69) is 0 Å². The van der Waals surface area contributed by atoms with Crippen molar-refractivity contribution >= 4 is 22.1 Å². The number of fused-ring (bicyclic) bond motifs is 1. The number of carbonyl (C=O) groups is 2. The van der Waals surface area contributed by atoms with Crippen molar-refractivity contribution < 1.29 is 31.7 Å². The number of methoxy groups -OCH3 is 1. The van der Waals surface area contributed by atoms with Gasteiger partial charge in [0.25, 0.3) is 10.1 Å². The molecule has 0 radical (unpaired) electrons. The summed E-state index contributed by atoms with van der Waals surface area (Å²) in [6.07, 6.45) is -0.211. The van der Waals surface area contributed by atoms with Crippen LogP contribution in [0.1, 0.15) is 26.7 Å². The van der Waals surface area contributed by atoms with E-state index in [1.165, 1.54) is 7.11 Å². The van der Waals surface area contributed by atoms with Crippen LogP contribution < -0.4 is 0 Å². The Bertz CT molecular complexity index is 598. The molecule has 7 nitrogen and oxygen atoms in total. The summed E-state index contributed by atoms with van der Waals surface area (Å²) in [6.45, 7) is 3.62. The standard InChI is InChI=1S/C14H20O7S/c1-4-6(2)13(15)20-10-7-5-8-11(10)21-22(17,18)12(8)9(7)14(16)19-3/h6-12H,4-5H2,1-3H3. The Kier molecular flexibility index (Phi) is 3.71. The number of carbonyl (C=O) groups excluding carboxylic acids is 2. The lowest BCUT2D eigenvalue weighted by Gasteiger charge is -2.30. The van der Waals surface area contributed by atoms with Crippen molar-refractivity contribution in [3.8, 4) is 0 Å². The number of esters is 2. The maximum absolute atomic E-state index is 12.2. The van der Waals surface area contributed by atoms with E-state index in [0.29, 0.717) is 12.8 Å². The average molecular weight is 332 g/mol. The number of rotatable bonds is 4. The lowest BCUT2D eigenvalue weighted by Crippen LogP contribution is -2.46. The largest absolute Gasteiger partial charge is 0.469 e. The lowest BCUT2D eigenvalue weighted by atomic mass is 9.84. The molecule has 0 aromatic rings. The van der Waals surface area contributed by atoms with Gasteiger partial charge in [-0.1, -0.05) is 13.8 Å². The third kappa shape index (κ3) is 2.07. The van der Waals surface area contributed by atoms with Crippen LogP contribution in [0.3, 0.4) is 0 Å². The summed E-state index contributed by atoms with van der Waals surface area (Å²) < 4.78 is 39.8. The van der Waals surface area contributed by atoms with Gasteiger partial charge in [0, 0.05) is 11.8 Å². The first-order chi connectivity index (χ1) is 10.3. The molecule has 3 rings (SSSR count). The Labute approximate surface area is 129 Å². The van der Waals surface area contributed by atoms with Crippen LogP contribution in [0.15, 0.2) is 0 Å².